The summed E-state index contributed by atoms with van der Waals surface area (Å²) in [5.74, 6) is 1.02. The number of guanidine groups is 1. The highest BCUT2D eigenvalue weighted by Crippen LogP contribution is 2.16. The number of piperidine rings is 1. The fourth-order valence-corrected chi connectivity index (χ4v) is 3.78. The number of carbonyl (C=O) groups excluding carboxylic acids is 1. The molecule has 176 valence electrons. The van der Waals surface area contributed by atoms with E-state index in [1.807, 2.05) is 19.1 Å². The highest BCUT2D eigenvalue weighted by atomic mass is 127. The summed E-state index contributed by atoms with van der Waals surface area (Å²) in [5.41, 5.74) is 2.14. The van der Waals surface area contributed by atoms with E-state index >= 15 is 0 Å². The lowest BCUT2D eigenvalue weighted by Crippen LogP contribution is -2.48. The van der Waals surface area contributed by atoms with Crippen LogP contribution in [0.1, 0.15) is 40.9 Å². The molecule has 0 radical (unpaired) electrons. The quantitative estimate of drug-likeness (QED) is 0.194. The molecule has 0 unspecified atom stereocenters. The van der Waals surface area contributed by atoms with Gasteiger partial charge >= 0.3 is 0 Å². The van der Waals surface area contributed by atoms with Crippen molar-refractivity contribution in [3.8, 4) is 0 Å². The molecule has 0 saturated carbocycles. The molecule has 1 fully saturated rings. The number of hydrogen-bond donors (Lipinski definition) is 3. The molecule has 0 atom stereocenters. The maximum atomic E-state index is 12.0. The molecule has 2 aromatic rings. The summed E-state index contributed by atoms with van der Waals surface area (Å²) >= 11 is 5.97. The maximum Gasteiger partial charge on any atom is 0.287 e. The van der Waals surface area contributed by atoms with Gasteiger partial charge in [0, 0.05) is 56.4 Å². The van der Waals surface area contributed by atoms with E-state index in [4.69, 9.17) is 16.0 Å². The molecule has 1 aliphatic heterocycles. The number of carbonyl (C=O) groups is 1. The Morgan fingerprint density at radius 1 is 1.16 bits per heavy atom. The lowest BCUT2D eigenvalue weighted by molar-refractivity contribution is 0.0925. The number of rotatable bonds is 8. The van der Waals surface area contributed by atoms with Crippen LogP contribution in [0, 0.1) is 6.92 Å². The van der Waals surface area contributed by atoms with Crippen LogP contribution >= 0.6 is 35.6 Å². The van der Waals surface area contributed by atoms with Gasteiger partial charge < -0.3 is 20.4 Å². The van der Waals surface area contributed by atoms with Crippen molar-refractivity contribution in [3.63, 3.8) is 0 Å². The highest BCUT2D eigenvalue weighted by Gasteiger charge is 2.20. The zero-order chi connectivity index (χ0) is 22.1. The smallest absolute Gasteiger partial charge is 0.287 e. The van der Waals surface area contributed by atoms with Gasteiger partial charge in [-0.3, -0.25) is 14.7 Å². The standard InChI is InChI=1S/C23H32ClN5O2.HI/c1-17-10-15-31-21(17)22(30)26-11-3-12-27-23(25-2)28-20-8-13-29(14-9-20)16-18-4-6-19(24)7-5-18;/h4-7,10,15,20H,3,8-9,11-14,16H2,1-2H3,(H,26,30)(H2,25,27,28);1H. The number of nitrogens with one attached hydrogen (secondary N) is 3. The Bertz CT molecular complexity index is 864. The average molecular weight is 574 g/mol. The number of furan rings is 1. The minimum Gasteiger partial charge on any atom is -0.459 e. The highest BCUT2D eigenvalue weighted by molar-refractivity contribution is 14.0. The number of hydrogen-bond acceptors (Lipinski definition) is 4. The molecule has 1 aliphatic rings. The Morgan fingerprint density at radius 3 is 2.47 bits per heavy atom. The molecule has 9 heteroatoms. The molecule has 1 amide bonds. The van der Waals surface area contributed by atoms with Gasteiger partial charge in [0.1, 0.15) is 0 Å². The molecular formula is C23H33ClIN5O2. The van der Waals surface area contributed by atoms with E-state index < -0.39 is 0 Å². The fourth-order valence-electron chi connectivity index (χ4n) is 3.65. The number of amides is 1. The van der Waals surface area contributed by atoms with E-state index in [-0.39, 0.29) is 29.9 Å². The van der Waals surface area contributed by atoms with Crippen molar-refractivity contribution in [2.75, 3.05) is 33.2 Å². The van der Waals surface area contributed by atoms with Gasteiger partial charge in [0.05, 0.1) is 6.26 Å². The van der Waals surface area contributed by atoms with Crippen LogP contribution in [0.4, 0.5) is 0 Å². The first-order valence-corrected chi connectivity index (χ1v) is 11.2. The first kappa shape index (κ1) is 26.5. The summed E-state index contributed by atoms with van der Waals surface area (Å²) in [7, 11) is 1.78. The molecule has 3 N–H and O–H groups in total. The Hall–Kier alpha value is -1.78. The van der Waals surface area contributed by atoms with E-state index in [1.54, 1.807) is 13.1 Å². The SMILES string of the molecule is CN=C(NCCCNC(=O)c1occc1C)NC1CCN(Cc2ccc(Cl)cc2)CC1.I. The van der Waals surface area contributed by atoms with Crippen LogP contribution in [-0.4, -0.2) is 56.0 Å². The van der Waals surface area contributed by atoms with Crippen molar-refractivity contribution < 1.29 is 9.21 Å². The van der Waals surface area contributed by atoms with Crippen molar-refractivity contribution in [2.45, 2.75) is 38.8 Å². The number of aryl methyl sites for hydroxylation is 1. The van der Waals surface area contributed by atoms with Gasteiger partial charge in [0.2, 0.25) is 0 Å². The van der Waals surface area contributed by atoms with E-state index in [0.29, 0.717) is 18.3 Å². The van der Waals surface area contributed by atoms with E-state index in [1.165, 1.54) is 11.8 Å². The zero-order valence-electron chi connectivity index (χ0n) is 18.7. The summed E-state index contributed by atoms with van der Waals surface area (Å²) in [5, 5.41) is 10.5. The first-order chi connectivity index (χ1) is 15.0. The van der Waals surface area contributed by atoms with Gasteiger partial charge in [0.15, 0.2) is 11.7 Å². The van der Waals surface area contributed by atoms with Crippen LogP contribution in [0.25, 0.3) is 0 Å². The predicted molar refractivity (Wildman–Crippen MR) is 140 cm³/mol. The summed E-state index contributed by atoms with van der Waals surface area (Å²) in [6.45, 7) is 6.22. The van der Waals surface area contributed by atoms with E-state index in [0.717, 1.165) is 62.0 Å². The van der Waals surface area contributed by atoms with Gasteiger partial charge in [-0.2, -0.15) is 0 Å². The van der Waals surface area contributed by atoms with E-state index in [9.17, 15) is 4.79 Å². The van der Waals surface area contributed by atoms with Crippen LogP contribution < -0.4 is 16.0 Å². The number of halogens is 2. The van der Waals surface area contributed by atoms with Crippen LogP contribution in [0.15, 0.2) is 46.0 Å². The average Bonchev–Trinajstić information content (AvgIpc) is 3.21. The molecule has 0 aliphatic carbocycles. The molecule has 0 bridgehead atoms. The normalized spacial score (nSPS) is 15.2. The maximum absolute atomic E-state index is 12.0. The van der Waals surface area contributed by atoms with Crippen LogP contribution in [0.2, 0.25) is 5.02 Å². The Kier molecular flexibility index (Phi) is 11.3. The Balaban J connectivity index is 0.00000363. The van der Waals surface area contributed by atoms with Crippen molar-refractivity contribution in [2.24, 2.45) is 4.99 Å². The minimum atomic E-state index is -0.171. The molecule has 3 rings (SSSR count). The number of nitrogens with zero attached hydrogens (tertiary/aromatic N) is 2. The Labute approximate surface area is 212 Å². The number of aliphatic imine (C=N–C) groups is 1. The van der Waals surface area contributed by atoms with Gasteiger partial charge in [0.25, 0.3) is 5.91 Å². The Morgan fingerprint density at radius 2 is 1.84 bits per heavy atom. The zero-order valence-corrected chi connectivity index (χ0v) is 21.8. The fraction of sp³-hybridized carbons (Fsp3) is 0.478. The first-order valence-electron chi connectivity index (χ1n) is 10.8. The molecular weight excluding hydrogens is 541 g/mol. The van der Waals surface area contributed by atoms with Crippen LogP contribution in [-0.2, 0) is 6.54 Å². The third-order valence-electron chi connectivity index (χ3n) is 5.47. The summed E-state index contributed by atoms with van der Waals surface area (Å²) in [4.78, 5) is 18.8. The molecule has 7 nitrogen and oxygen atoms in total. The second kappa shape index (κ2) is 13.7. The van der Waals surface area contributed by atoms with Crippen molar-refractivity contribution >= 4 is 47.4 Å². The van der Waals surface area contributed by atoms with Gasteiger partial charge in [-0.25, -0.2) is 0 Å². The minimum absolute atomic E-state index is 0. The van der Waals surface area contributed by atoms with Gasteiger partial charge in [-0.05, 0) is 49.9 Å². The molecule has 1 aromatic carbocycles. The van der Waals surface area contributed by atoms with Crippen molar-refractivity contribution in [1.82, 2.24) is 20.9 Å². The lowest BCUT2D eigenvalue weighted by Gasteiger charge is -2.33. The summed E-state index contributed by atoms with van der Waals surface area (Å²) in [6.07, 6.45) is 4.48. The summed E-state index contributed by atoms with van der Waals surface area (Å²) in [6, 6.07) is 10.3. The monoisotopic (exact) mass is 573 g/mol. The largest absolute Gasteiger partial charge is 0.459 e. The van der Waals surface area contributed by atoms with Crippen molar-refractivity contribution in [3.05, 3.63) is 58.5 Å². The van der Waals surface area contributed by atoms with Crippen LogP contribution in [0.3, 0.4) is 0 Å². The molecule has 1 aromatic heterocycles. The molecule has 1 saturated heterocycles. The lowest BCUT2D eigenvalue weighted by atomic mass is 10.0. The topological polar surface area (TPSA) is 81.9 Å². The predicted octanol–water partition coefficient (Wildman–Crippen LogP) is 3.81. The van der Waals surface area contributed by atoms with Crippen molar-refractivity contribution in [1.29, 1.82) is 0 Å². The molecule has 0 spiro atoms. The third kappa shape index (κ3) is 8.29. The molecule has 32 heavy (non-hydrogen) atoms. The second-order valence-electron chi connectivity index (χ2n) is 7.86. The van der Waals surface area contributed by atoms with E-state index in [2.05, 4.69) is 38.0 Å². The number of benzene rings is 1. The number of likely N-dealkylation sites (tertiary alicyclic amines) is 1. The molecule has 2 heterocycles. The second-order valence-corrected chi connectivity index (χ2v) is 8.30. The third-order valence-corrected chi connectivity index (χ3v) is 5.72. The van der Waals surface area contributed by atoms with Crippen LogP contribution in [0.5, 0.6) is 0 Å². The van der Waals surface area contributed by atoms with Gasteiger partial charge in [-0.1, -0.05) is 23.7 Å². The summed E-state index contributed by atoms with van der Waals surface area (Å²) < 4.78 is 5.20. The van der Waals surface area contributed by atoms with Gasteiger partial charge in [-0.15, -0.1) is 24.0 Å².